The molecule has 1 aliphatic heterocycles. The van der Waals surface area contributed by atoms with Crippen LogP contribution in [0.1, 0.15) is 32.6 Å². The van der Waals surface area contributed by atoms with Gasteiger partial charge in [0.25, 0.3) is 10.0 Å². The third kappa shape index (κ3) is 3.95. The van der Waals surface area contributed by atoms with Crippen molar-refractivity contribution in [3.05, 3.63) is 70.4 Å². The van der Waals surface area contributed by atoms with Gasteiger partial charge in [0.05, 0.1) is 17.1 Å². The average molecular weight is 416 g/mol. The fourth-order valence-electron chi connectivity index (χ4n) is 3.47. The maximum Gasteiger partial charge on any atom is 0.253 e. The molecule has 0 unspecified atom stereocenters. The molecule has 1 heterocycles. The minimum absolute atomic E-state index is 0.0729. The van der Waals surface area contributed by atoms with Gasteiger partial charge in [-0.05, 0) is 49.1 Å². The molecule has 0 amide bonds. The lowest BCUT2D eigenvalue weighted by atomic mass is 9.91. The van der Waals surface area contributed by atoms with Gasteiger partial charge in [0.2, 0.25) is 0 Å². The Kier molecular flexibility index (Phi) is 5.00. The first kappa shape index (κ1) is 19.7. The summed E-state index contributed by atoms with van der Waals surface area (Å²) in [6.07, 6.45) is 12.0. The van der Waals surface area contributed by atoms with Crippen LogP contribution in [0.4, 0.5) is 4.39 Å². The van der Waals surface area contributed by atoms with Gasteiger partial charge in [0.15, 0.2) is 0 Å². The summed E-state index contributed by atoms with van der Waals surface area (Å²) in [5.74, 6) is -0.787. The van der Waals surface area contributed by atoms with Gasteiger partial charge in [-0.2, -0.15) is 4.40 Å². The molecule has 0 aromatic heterocycles. The summed E-state index contributed by atoms with van der Waals surface area (Å²) in [6, 6.07) is 0. The normalized spacial score (nSPS) is 25.5. The molecule has 1 saturated carbocycles. The molecule has 29 heavy (non-hydrogen) atoms. The van der Waals surface area contributed by atoms with Crippen LogP contribution in [-0.4, -0.2) is 35.9 Å². The van der Waals surface area contributed by atoms with E-state index >= 15 is 0 Å². The topological polar surface area (TPSA) is 87.0 Å². The van der Waals surface area contributed by atoms with E-state index in [9.17, 15) is 22.8 Å². The van der Waals surface area contributed by atoms with Crippen molar-refractivity contribution in [2.24, 2.45) is 10.3 Å². The number of halogens is 1. The Hall–Kier alpha value is -2.58. The fourth-order valence-corrected chi connectivity index (χ4v) is 4.05. The number of nitrogens with zero attached hydrogens (tertiary/aromatic N) is 2. The molecule has 1 fully saturated rings. The van der Waals surface area contributed by atoms with Crippen molar-refractivity contribution in [1.82, 2.24) is 5.06 Å². The van der Waals surface area contributed by atoms with Crippen LogP contribution in [0.2, 0.25) is 0 Å². The highest BCUT2D eigenvalue weighted by atomic mass is 32.2. The number of sulfonamides is 1. The van der Waals surface area contributed by atoms with Crippen LogP contribution in [0.5, 0.6) is 0 Å². The molecule has 0 bridgehead atoms. The number of allylic oxidation sites excluding steroid dienone is 11. The SMILES string of the molecule is CCS(=O)(=O)N=C1C=CC(=C2C=C(CC(=O)C3CC3)N(O)C3=C2C=CC3)C=C1F. The van der Waals surface area contributed by atoms with Crippen molar-refractivity contribution in [3.63, 3.8) is 0 Å². The van der Waals surface area contributed by atoms with Crippen LogP contribution in [0.3, 0.4) is 0 Å². The van der Waals surface area contributed by atoms with E-state index in [0.717, 1.165) is 23.5 Å². The van der Waals surface area contributed by atoms with Gasteiger partial charge in [-0.15, -0.1) is 0 Å². The highest BCUT2D eigenvalue weighted by Crippen LogP contribution is 2.40. The Balaban J connectivity index is 1.73. The number of hydrogen-bond donors (Lipinski definition) is 1. The van der Waals surface area contributed by atoms with E-state index in [1.807, 2.05) is 12.2 Å². The minimum Gasteiger partial charge on any atom is -0.299 e. The molecular weight excluding hydrogens is 395 g/mol. The highest BCUT2D eigenvalue weighted by Gasteiger charge is 2.33. The number of hydroxylamine groups is 2. The summed E-state index contributed by atoms with van der Waals surface area (Å²) in [6.45, 7) is 1.44. The van der Waals surface area contributed by atoms with E-state index in [1.54, 1.807) is 12.2 Å². The molecule has 4 aliphatic rings. The molecule has 4 rings (SSSR count). The lowest BCUT2D eigenvalue weighted by molar-refractivity contribution is -0.121. The number of hydrogen-bond acceptors (Lipinski definition) is 5. The Labute approximate surface area is 168 Å². The van der Waals surface area contributed by atoms with E-state index < -0.39 is 15.9 Å². The molecule has 3 aliphatic carbocycles. The van der Waals surface area contributed by atoms with Crippen molar-refractivity contribution in [3.8, 4) is 0 Å². The zero-order valence-corrected chi connectivity index (χ0v) is 16.7. The number of rotatable bonds is 5. The lowest BCUT2D eigenvalue weighted by Crippen LogP contribution is -2.24. The molecule has 0 aromatic carbocycles. The highest BCUT2D eigenvalue weighted by molar-refractivity contribution is 7.90. The summed E-state index contributed by atoms with van der Waals surface area (Å²) >= 11 is 0. The molecule has 0 radical (unpaired) electrons. The van der Waals surface area contributed by atoms with E-state index in [4.69, 9.17) is 0 Å². The third-order valence-electron chi connectivity index (χ3n) is 5.28. The van der Waals surface area contributed by atoms with Gasteiger partial charge in [0.1, 0.15) is 17.3 Å². The van der Waals surface area contributed by atoms with E-state index in [2.05, 4.69) is 4.40 Å². The maximum atomic E-state index is 14.6. The average Bonchev–Trinajstić information content (AvgIpc) is 3.42. The van der Waals surface area contributed by atoms with Crippen LogP contribution >= 0.6 is 0 Å². The largest absolute Gasteiger partial charge is 0.299 e. The summed E-state index contributed by atoms with van der Waals surface area (Å²) in [5.41, 5.74) is 2.83. The van der Waals surface area contributed by atoms with Crippen molar-refractivity contribution in [2.75, 3.05) is 5.75 Å². The maximum absolute atomic E-state index is 14.6. The number of ketones is 1. The van der Waals surface area contributed by atoms with E-state index in [1.165, 1.54) is 19.1 Å². The monoisotopic (exact) mass is 416 g/mol. The smallest absolute Gasteiger partial charge is 0.253 e. The quantitative estimate of drug-likeness (QED) is 0.739. The first-order chi connectivity index (χ1) is 13.8. The number of carbonyl (C=O) groups excluding carboxylic acids is 1. The Bertz CT molecular complexity index is 1100. The second-order valence-electron chi connectivity index (χ2n) is 7.37. The molecular formula is C21H21FN2O4S. The van der Waals surface area contributed by atoms with Crippen LogP contribution in [0.25, 0.3) is 0 Å². The standard InChI is InChI=1S/C21H21FN2O4S/c1-2-29(27,28)23-19-9-8-14(10-18(19)22)17-11-15(12-21(25)13-6-7-13)24(26)20-5-3-4-16(17)20/h3-4,8-11,13,26H,2,5-7,12H2,1H3. The van der Waals surface area contributed by atoms with Gasteiger partial charge in [-0.25, -0.2) is 17.9 Å². The van der Waals surface area contributed by atoms with Gasteiger partial charge in [0, 0.05) is 24.3 Å². The third-order valence-corrected chi connectivity index (χ3v) is 6.49. The molecule has 0 spiro atoms. The fraction of sp³-hybridized carbons (Fsp3) is 0.333. The lowest BCUT2D eigenvalue weighted by Gasteiger charge is -2.28. The van der Waals surface area contributed by atoms with Crippen LogP contribution in [0, 0.1) is 5.92 Å². The van der Waals surface area contributed by atoms with Gasteiger partial charge >= 0.3 is 0 Å². The zero-order valence-electron chi connectivity index (χ0n) is 15.9. The van der Waals surface area contributed by atoms with Crippen molar-refractivity contribution >= 4 is 21.5 Å². The molecule has 0 aromatic rings. The molecule has 8 heteroatoms. The molecule has 1 N–H and O–H groups in total. The predicted octanol–water partition coefficient (Wildman–Crippen LogP) is 3.67. The number of carbonyl (C=O) groups is 1. The number of Topliss-reactive ketones (excluding diaryl/α,β-unsaturated/α-hetero) is 1. The van der Waals surface area contributed by atoms with Gasteiger partial charge in [-0.1, -0.05) is 18.2 Å². The van der Waals surface area contributed by atoms with Gasteiger partial charge in [-0.3, -0.25) is 10.0 Å². The van der Waals surface area contributed by atoms with Crippen LogP contribution in [-0.2, 0) is 14.8 Å². The van der Waals surface area contributed by atoms with Crippen molar-refractivity contribution < 1.29 is 22.8 Å². The van der Waals surface area contributed by atoms with Crippen LogP contribution in [0.15, 0.2) is 74.8 Å². The first-order valence-electron chi connectivity index (χ1n) is 9.54. The summed E-state index contributed by atoms with van der Waals surface area (Å²) in [7, 11) is -3.71. The van der Waals surface area contributed by atoms with Gasteiger partial charge < -0.3 is 0 Å². The summed E-state index contributed by atoms with van der Waals surface area (Å²) in [4.78, 5) is 12.3. The van der Waals surface area contributed by atoms with Crippen LogP contribution < -0.4 is 0 Å². The van der Waals surface area contributed by atoms with E-state index in [0.29, 0.717) is 29.0 Å². The summed E-state index contributed by atoms with van der Waals surface area (Å²) in [5, 5.41) is 11.6. The minimum atomic E-state index is -3.71. The second-order valence-corrected chi connectivity index (χ2v) is 9.30. The molecule has 6 nitrogen and oxygen atoms in total. The Morgan fingerprint density at radius 3 is 2.66 bits per heavy atom. The van der Waals surface area contributed by atoms with E-state index in [-0.39, 0.29) is 29.6 Å². The molecule has 0 saturated heterocycles. The van der Waals surface area contributed by atoms with Crippen molar-refractivity contribution in [1.29, 1.82) is 0 Å². The summed E-state index contributed by atoms with van der Waals surface area (Å²) < 4.78 is 41.4. The molecule has 152 valence electrons. The van der Waals surface area contributed by atoms with Crippen molar-refractivity contribution in [2.45, 2.75) is 32.6 Å². The second kappa shape index (κ2) is 7.35. The Morgan fingerprint density at radius 1 is 1.24 bits per heavy atom. The predicted molar refractivity (Wildman–Crippen MR) is 107 cm³/mol. The Morgan fingerprint density at radius 2 is 2.00 bits per heavy atom. The zero-order chi connectivity index (χ0) is 20.8. The molecule has 0 atom stereocenters. The first-order valence-corrected chi connectivity index (χ1v) is 11.1.